The van der Waals surface area contributed by atoms with Gasteiger partial charge in [0.25, 0.3) is 0 Å². The first-order valence-corrected chi connectivity index (χ1v) is 7.46. The molecule has 1 aliphatic rings. The number of halogens is 1. The molecule has 1 saturated heterocycles. The summed E-state index contributed by atoms with van der Waals surface area (Å²) >= 11 is 0. The maximum atomic E-state index is 12.8. The van der Waals surface area contributed by atoms with Crippen LogP contribution in [0.3, 0.4) is 0 Å². The zero-order valence-corrected chi connectivity index (χ0v) is 12.7. The Labute approximate surface area is 125 Å². The Morgan fingerprint density at radius 2 is 2.14 bits per heavy atom. The van der Waals surface area contributed by atoms with E-state index in [2.05, 4.69) is 18.3 Å². The third-order valence-electron chi connectivity index (χ3n) is 3.96. The third-order valence-corrected chi connectivity index (χ3v) is 3.96. The Morgan fingerprint density at radius 1 is 1.43 bits per heavy atom. The van der Waals surface area contributed by atoms with E-state index in [1.807, 2.05) is 11.8 Å². The molecule has 0 radical (unpaired) electrons. The van der Waals surface area contributed by atoms with Crippen LogP contribution in [-0.4, -0.2) is 36.5 Å². The lowest BCUT2D eigenvalue weighted by molar-refractivity contribution is -0.127. The highest BCUT2D eigenvalue weighted by Crippen LogP contribution is 2.13. The summed E-state index contributed by atoms with van der Waals surface area (Å²) in [6.45, 7) is 6.39. The van der Waals surface area contributed by atoms with Gasteiger partial charge in [-0.25, -0.2) is 4.39 Å². The van der Waals surface area contributed by atoms with Crippen molar-refractivity contribution in [3.63, 3.8) is 0 Å². The molecule has 1 heterocycles. The number of likely N-dealkylation sites (tertiary alicyclic amines) is 1. The maximum absolute atomic E-state index is 12.8. The van der Waals surface area contributed by atoms with Crippen molar-refractivity contribution in [2.75, 3.05) is 19.6 Å². The van der Waals surface area contributed by atoms with E-state index in [4.69, 9.17) is 0 Å². The molecular formula is C17H23FN2O. The van der Waals surface area contributed by atoms with Gasteiger partial charge < -0.3 is 10.2 Å². The van der Waals surface area contributed by atoms with Gasteiger partial charge in [0.05, 0.1) is 0 Å². The van der Waals surface area contributed by atoms with Crippen molar-refractivity contribution in [3.8, 4) is 0 Å². The van der Waals surface area contributed by atoms with Crippen LogP contribution in [0, 0.1) is 5.82 Å². The molecule has 4 heteroatoms. The van der Waals surface area contributed by atoms with Crippen molar-refractivity contribution in [2.45, 2.75) is 32.7 Å². The molecule has 0 aromatic heterocycles. The molecule has 3 nitrogen and oxygen atoms in total. The van der Waals surface area contributed by atoms with E-state index in [9.17, 15) is 9.18 Å². The van der Waals surface area contributed by atoms with Crippen molar-refractivity contribution in [2.24, 2.45) is 0 Å². The monoisotopic (exact) mass is 290 g/mol. The molecule has 2 rings (SSSR count). The average molecular weight is 290 g/mol. The number of allylic oxidation sites excluding steroid dienone is 1. The summed E-state index contributed by atoms with van der Waals surface area (Å²) in [6, 6.07) is 6.72. The number of carbonyl (C=O) groups excluding carboxylic acids is 1. The molecule has 21 heavy (non-hydrogen) atoms. The second-order valence-corrected chi connectivity index (χ2v) is 5.63. The first kappa shape index (κ1) is 15.7. The van der Waals surface area contributed by atoms with Gasteiger partial charge in [0, 0.05) is 32.1 Å². The fourth-order valence-corrected chi connectivity index (χ4v) is 2.45. The van der Waals surface area contributed by atoms with Crippen LogP contribution in [0.25, 0.3) is 0 Å². The van der Waals surface area contributed by atoms with E-state index in [1.54, 1.807) is 12.1 Å². The quantitative estimate of drug-likeness (QED) is 0.817. The topological polar surface area (TPSA) is 32.3 Å². The van der Waals surface area contributed by atoms with Crippen molar-refractivity contribution < 1.29 is 9.18 Å². The standard InChI is InChI=1S/C17H23FN2O/c1-3-13(2)11-19-16-10-17(21)20(12-16)9-8-14-4-6-15(18)7-5-14/h3-7,16,19H,8-12H2,1-2H3/b13-3+/t16-/m0/s1. The van der Waals surface area contributed by atoms with Gasteiger partial charge in [-0.15, -0.1) is 0 Å². The number of rotatable bonds is 6. The first-order chi connectivity index (χ1) is 10.1. The van der Waals surface area contributed by atoms with Gasteiger partial charge in [0.1, 0.15) is 5.82 Å². The van der Waals surface area contributed by atoms with E-state index in [0.717, 1.165) is 25.1 Å². The summed E-state index contributed by atoms with van der Waals surface area (Å²) in [6.07, 6.45) is 3.42. The largest absolute Gasteiger partial charge is 0.341 e. The zero-order valence-electron chi connectivity index (χ0n) is 12.7. The molecule has 1 aliphatic heterocycles. The van der Waals surface area contributed by atoms with E-state index in [1.165, 1.54) is 17.7 Å². The van der Waals surface area contributed by atoms with Gasteiger partial charge in [-0.3, -0.25) is 4.79 Å². The summed E-state index contributed by atoms with van der Waals surface area (Å²) in [7, 11) is 0. The maximum Gasteiger partial charge on any atom is 0.224 e. The van der Waals surface area contributed by atoms with Crippen LogP contribution in [0.5, 0.6) is 0 Å². The van der Waals surface area contributed by atoms with Gasteiger partial charge in [-0.2, -0.15) is 0 Å². The second kappa shape index (κ2) is 7.36. The minimum atomic E-state index is -0.223. The zero-order chi connectivity index (χ0) is 15.2. The van der Waals surface area contributed by atoms with Crippen molar-refractivity contribution in [1.82, 2.24) is 10.2 Å². The minimum Gasteiger partial charge on any atom is -0.341 e. The molecule has 0 bridgehead atoms. The molecule has 1 aromatic carbocycles. The molecule has 1 fully saturated rings. The fourth-order valence-electron chi connectivity index (χ4n) is 2.45. The lowest BCUT2D eigenvalue weighted by atomic mass is 10.1. The smallest absolute Gasteiger partial charge is 0.224 e. The summed E-state index contributed by atoms with van der Waals surface area (Å²) in [5, 5.41) is 3.42. The average Bonchev–Trinajstić information content (AvgIpc) is 2.84. The Balaban J connectivity index is 1.79. The van der Waals surface area contributed by atoms with Gasteiger partial charge >= 0.3 is 0 Å². The Kier molecular flexibility index (Phi) is 5.51. The van der Waals surface area contributed by atoms with Crippen LogP contribution < -0.4 is 5.32 Å². The van der Waals surface area contributed by atoms with Crippen LogP contribution in [0.1, 0.15) is 25.8 Å². The fraction of sp³-hybridized carbons (Fsp3) is 0.471. The van der Waals surface area contributed by atoms with E-state index in [-0.39, 0.29) is 17.8 Å². The second-order valence-electron chi connectivity index (χ2n) is 5.63. The normalized spacial score (nSPS) is 19.4. The van der Waals surface area contributed by atoms with Gasteiger partial charge in [0.15, 0.2) is 0 Å². The van der Waals surface area contributed by atoms with E-state index >= 15 is 0 Å². The van der Waals surface area contributed by atoms with E-state index in [0.29, 0.717) is 13.0 Å². The van der Waals surface area contributed by atoms with Crippen LogP contribution >= 0.6 is 0 Å². The molecule has 114 valence electrons. The number of nitrogens with zero attached hydrogens (tertiary/aromatic N) is 1. The van der Waals surface area contributed by atoms with Crippen molar-refractivity contribution in [1.29, 1.82) is 0 Å². The Hall–Kier alpha value is -1.68. The van der Waals surface area contributed by atoms with Crippen molar-refractivity contribution in [3.05, 3.63) is 47.3 Å². The van der Waals surface area contributed by atoms with Gasteiger partial charge in [0.2, 0.25) is 5.91 Å². The summed E-state index contributed by atoms with van der Waals surface area (Å²) in [5.74, 6) is -0.0210. The number of amides is 1. The highest BCUT2D eigenvalue weighted by atomic mass is 19.1. The lowest BCUT2D eigenvalue weighted by Crippen LogP contribution is -2.34. The predicted molar refractivity (Wildman–Crippen MR) is 82.5 cm³/mol. The summed E-state index contributed by atoms with van der Waals surface area (Å²) in [4.78, 5) is 13.9. The Morgan fingerprint density at radius 3 is 2.81 bits per heavy atom. The molecule has 1 amide bonds. The van der Waals surface area contributed by atoms with Crippen LogP contribution in [-0.2, 0) is 11.2 Å². The highest BCUT2D eigenvalue weighted by molar-refractivity contribution is 5.79. The minimum absolute atomic E-state index is 0.202. The van der Waals surface area contributed by atoms with Gasteiger partial charge in [-0.1, -0.05) is 23.8 Å². The van der Waals surface area contributed by atoms with Gasteiger partial charge in [-0.05, 0) is 38.0 Å². The molecule has 0 unspecified atom stereocenters. The first-order valence-electron chi connectivity index (χ1n) is 7.46. The number of hydrogen-bond acceptors (Lipinski definition) is 2. The molecular weight excluding hydrogens is 267 g/mol. The molecule has 1 aromatic rings. The number of hydrogen-bond donors (Lipinski definition) is 1. The third kappa shape index (κ3) is 4.67. The molecule has 1 atom stereocenters. The number of carbonyl (C=O) groups is 1. The van der Waals surface area contributed by atoms with Crippen LogP contribution in [0.2, 0.25) is 0 Å². The molecule has 0 saturated carbocycles. The van der Waals surface area contributed by atoms with Crippen LogP contribution in [0.4, 0.5) is 4.39 Å². The summed E-state index contributed by atoms with van der Waals surface area (Å²) in [5.41, 5.74) is 2.34. The number of benzene rings is 1. The SMILES string of the molecule is C/C=C(\C)CN[C@H]1CC(=O)N(CCc2ccc(F)cc2)C1. The molecule has 1 N–H and O–H groups in total. The predicted octanol–water partition coefficient (Wildman–Crippen LogP) is 2.52. The van der Waals surface area contributed by atoms with E-state index < -0.39 is 0 Å². The highest BCUT2D eigenvalue weighted by Gasteiger charge is 2.28. The summed E-state index contributed by atoms with van der Waals surface area (Å²) < 4.78 is 12.8. The number of nitrogens with one attached hydrogen (secondary N) is 1. The Bertz CT molecular complexity index is 510. The molecule has 0 spiro atoms. The lowest BCUT2D eigenvalue weighted by Gasteiger charge is -2.17. The van der Waals surface area contributed by atoms with Crippen LogP contribution in [0.15, 0.2) is 35.9 Å². The molecule has 0 aliphatic carbocycles. The van der Waals surface area contributed by atoms with Crippen molar-refractivity contribution >= 4 is 5.91 Å².